The molecule has 1 aliphatic rings. The van der Waals surface area contributed by atoms with Crippen LogP contribution in [0.15, 0.2) is 30.5 Å². The molecule has 0 aliphatic carbocycles. The maximum absolute atomic E-state index is 12.7. The van der Waals surface area contributed by atoms with Gasteiger partial charge in [-0.2, -0.15) is 5.10 Å². The van der Waals surface area contributed by atoms with E-state index in [-0.39, 0.29) is 18.3 Å². The Balaban J connectivity index is 0.00000192. The summed E-state index contributed by atoms with van der Waals surface area (Å²) in [6.45, 7) is 2.11. The largest absolute Gasteiger partial charge is 0.497 e. The van der Waals surface area contributed by atoms with Crippen molar-refractivity contribution in [3.63, 3.8) is 0 Å². The minimum Gasteiger partial charge on any atom is -0.497 e. The van der Waals surface area contributed by atoms with E-state index in [1.54, 1.807) is 13.3 Å². The molecule has 3 rings (SSSR count). The quantitative estimate of drug-likeness (QED) is 0.893. The fourth-order valence-electron chi connectivity index (χ4n) is 2.81. The topological polar surface area (TPSA) is 84.2 Å². The first-order valence-corrected chi connectivity index (χ1v) is 7.40. The second-order valence-corrected chi connectivity index (χ2v) is 5.53. The number of aromatic nitrogens is 2. The van der Waals surface area contributed by atoms with Gasteiger partial charge in [0.2, 0.25) is 0 Å². The van der Waals surface area contributed by atoms with Gasteiger partial charge in [0.15, 0.2) is 0 Å². The zero-order valence-electron chi connectivity index (χ0n) is 13.0. The standard InChI is InChI=1S/C16H20N4O2.ClH/c1-22-13-4-2-12(3-5-13)15-14(9-18-19-15)16(21)20-7-6-11(8-17)10-20;/h2-5,9,11H,6-8,10,17H2,1H3,(H,18,19);1H. The summed E-state index contributed by atoms with van der Waals surface area (Å²) in [4.78, 5) is 14.5. The number of ether oxygens (including phenoxy) is 1. The lowest BCUT2D eigenvalue weighted by Crippen LogP contribution is -2.30. The summed E-state index contributed by atoms with van der Waals surface area (Å²) in [6.07, 6.45) is 2.57. The molecular weight excluding hydrogens is 316 g/mol. The van der Waals surface area contributed by atoms with Crippen molar-refractivity contribution in [1.82, 2.24) is 15.1 Å². The minimum absolute atomic E-state index is 0. The first kappa shape index (κ1) is 17.3. The van der Waals surface area contributed by atoms with Crippen molar-refractivity contribution in [2.24, 2.45) is 11.7 Å². The molecule has 2 aromatic rings. The number of hydrogen-bond donors (Lipinski definition) is 2. The number of H-pyrrole nitrogens is 1. The second-order valence-electron chi connectivity index (χ2n) is 5.53. The van der Waals surface area contributed by atoms with Crippen LogP contribution in [0.5, 0.6) is 5.75 Å². The van der Waals surface area contributed by atoms with Gasteiger partial charge in [-0.25, -0.2) is 0 Å². The highest BCUT2D eigenvalue weighted by Gasteiger charge is 2.28. The van der Waals surface area contributed by atoms with Gasteiger partial charge in [-0.1, -0.05) is 0 Å². The van der Waals surface area contributed by atoms with Crippen molar-refractivity contribution in [1.29, 1.82) is 0 Å². The van der Waals surface area contributed by atoms with Gasteiger partial charge >= 0.3 is 0 Å². The zero-order chi connectivity index (χ0) is 15.5. The highest BCUT2D eigenvalue weighted by molar-refractivity contribution is 5.99. The molecule has 124 valence electrons. The zero-order valence-corrected chi connectivity index (χ0v) is 13.8. The van der Waals surface area contributed by atoms with Crippen molar-refractivity contribution >= 4 is 18.3 Å². The Morgan fingerprint density at radius 1 is 1.43 bits per heavy atom. The average Bonchev–Trinajstić information content (AvgIpc) is 3.23. The molecule has 0 radical (unpaired) electrons. The highest BCUT2D eigenvalue weighted by atomic mass is 35.5. The van der Waals surface area contributed by atoms with E-state index in [9.17, 15) is 4.79 Å². The van der Waals surface area contributed by atoms with Crippen LogP contribution in [0.2, 0.25) is 0 Å². The summed E-state index contributed by atoms with van der Waals surface area (Å²) in [5.41, 5.74) is 7.95. The van der Waals surface area contributed by atoms with Crippen LogP contribution in [0, 0.1) is 5.92 Å². The first-order valence-electron chi connectivity index (χ1n) is 7.40. The third-order valence-corrected chi connectivity index (χ3v) is 4.15. The molecular formula is C16H21ClN4O2. The summed E-state index contributed by atoms with van der Waals surface area (Å²) in [6, 6.07) is 7.56. The molecule has 1 saturated heterocycles. The maximum atomic E-state index is 12.7. The van der Waals surface area contributed by atoms with E-state index in [1.807, 2.05) is 29.2 Å². The number of halogens is 1. The van der Waals surface area contributed by atoms with Gasteiger partial charge < -0.3 is 15.4 Å². The Morgan fingerprint density at radius 3 is 2.78 bits per heavy atom. The molecule has 1 amide bonds. The Kier molecular flexibility index (Phi) is 5.63. The fraction of sp³-hybridized carbons (Fsp3) is 0.375. The molecule has 23 heavy (non-hydrogen) atoms. The maximum Gasteiger partial charge on any atom is 0.257 e. The van der Waals surface area contributed by atoms with E-state index in [0.717, 1.165) is 36.5 Å². The molecule has 7 heteroatoms. The van der Waals surface area contributed by atoms with E-state index in [4.69, 9.17) is 10.5 Å². The van der Waals surface area contributed by atoms with Gasteiger partial charge in [-0.05, 0) is 43.1 Å². The number of aromatic amines is 1. The number of nitrogens with one attached hydrogen (secondary N) is 1. The van der Waals surface area contributed by atoms with Gasteiger partial charge in [0, 0.05) is 18.7 Å². The number of amides is 1. The second kappa shape index (κ2) is 7.48. The molecule has 1 aromatic carbocycles. The average molecular weight is 337 g/mol. The van der Waals surface area contributed by atoms with E-state index in [1.165, 1.54) is 0 Å². The van der Waals surface area contributed by atoms with Crippen LogP contribution in [-0.4, -0.2) is 47.7 Å². The van der Waals surface area contributed by atoms with E-state index in [0.29, 0.717) is 18.0 Å². The number of hydrogen-bond acceptors (Lipinski definition) is 4. The molecule has 2 heterocycles. The normalized spacial score (nSPS) is 17.0. The molecule has 0 spiro atoms. The van der Waals surface area contributed by atoms with Gasteiger partial charge in [0.25, 0.3) is 5.91 Å². The van der Waals surface area contributed by atoms with Crippen molar-refractivity contribution < 1.29 is 9.53 Å². The van der Waals surface area contributed by atoms with Crippen molar-refractivity contribution in [3.05, 3.63) is 36.0 Å². The first-order chi connectivity index (χ1) is 10.7. The fourth-order valence-corrected chi connectivity index (χ4v) is 2.81. The molecule has 1 unspecified atom stereocenters. The lowest BCUT2D eigenvalue weighted by atomic mass is 10.1. The molecule has 1 aromatic heterocycles. The van der Waals surface area contributed by atoms with Gasteiger partial charge in [-0.3, -0.25) is 9.89 Å². The molecule has 0 saturated carbocycles. The van der Waals surface area contributed by atoms with Crippen molar-refractivity contribution in [3.8, 4) is 17.0 Å². The Morgan fingerprint density at radius 2 is 2.17 bits per heavy atom. The number of benzene rings is 1. The summed E-state index contributed by atoms with van der Waals surface area (Å²) < 4.78 is 5.16. The van der Waals surface area contributed by atoms with Crippen LogP contribution in [0.4, 0.5) is 0 Å². The number of carbonyl (C=O) groups excluding carboxylic acids is 1. The molecule has 6 nitrogen and oxygen atoms in total. The summed E-state index contributed by atoms with van der Waals surface area (Å²) in [5, 5.41) is 6.97. The van der Waals surface area contributed by atoms with Crippen LogP contribution in [-0.2, 0) is 0 Å². The van der Waals surface area contributed by atoms with Crippen molar-refractivity contribution in [2.45, 2.75) is 6.42 Å². The Hall–Kier alpha value is -2.05. The Bertz CT molecular complexity index is 656. The lowest BCUT2D eigenvalue weighted by Gasteiger charge is -2.16. The Labute approximate surface area is 141 Å². The molecule has 0 bridgehead atoms. The van der Waals surface area contributed by atoms with Crippen LogP contribution in [0.1, 0.15) is 16.8 Å². The third kappa shape index (κ3) is 3.48. The van der Waals surface area contributed by atoms with Crippen LogP contribution < -0.4 is 10.5 Å². The highest BCUT2D eigenvalue weighted by Crippen LogP contribution is 2.26. The van der Waals surface area contributed by atoms with Crippen LogP contribution in [0.3, 0.4) is 0 Å². The number of nitrogens with zero attached hydrogens (tertiary/aromatic N) is 2. The van der Waals surface area contributed by atoms with Gasteiger partial charge in [-0.15, -0.1) is 12.4 Å². The smallest absolute Gasteiger partial charge is 0.257 e. The van der Waals surface area contributed by atoms with Crippen LogP contribution in [0.25, 0.3) is 11.3 Å². The van der Waals surface area contributed by atoms with E-state index < -0.39 is 0 Å². The lowest BCUT2D eigenvalue weighted by molar-refractivity contribution is 0.0788. The monoisotopic (exact) mass is 336 g/mol. The predicted molar refractivity (Wildman–Crippen MR) is 90.9 cm³/mol. The number of carbonyl (C=O) groups is 1. The predicted octanol–water partition coefficient (Wildman–Crippen LogP) is 1.93. The molecule has 1 atom stereocenters. The third-order valence-electron chi connectivity index (χ3n) is 4.15. The van der Waals surface area contributed by atoms with Gasteiger partial charge in [0.1, 0.15) is 5.75 Å². The minimum atomic E-state index is 0. The number of rotatable bonds is 4. The van der Waals surface area contributed by atoms with Gasteiger partial charge in [0.05, 0.1) is 24.6 Å². The SMILES string of the molecule is COc1ccc(-c2[nH]ncc2C(=O)N2CCC(CN)C2)cc1.Cl. The summed E-state index contributed by atoms with van der Waals surface area (Å²) in [5.74, 6) is 1.19. The summed E-state index contributed by atoms with van der Waals surface area (Å²) >= 11 is 0. The number of nitrogens with two attached hydrogens (primary N) is 1. The van der Waals surface area contributed by atoms with Crippen molar-refractivity contribution in [2.75, 3.05) is 26.7 Å². The number of methoxy groups -OCH3 is 1. The molecule has 1 fully saturated rings. The molecule has 1 aliphatic heterocycles. The summed E-state index contributed by atoms with van der Waals surface area (Å²) in [7, 11) is 1.63. The molecule has 3 N–H and O–H groups in total. The van der Waals surface area contributed by atoms with E-state index >= 15 is 0 Å². The number of likely N-dealkylation sites (tertiary alicyclic amines) is 1. The van der Waals surface area contributed by atoms with Crippen LogP contribution >= 0.6 is 12.4 Å². The van der Waals surface area contributed by atoms with E-state index in [2.05, 4.69) is 10.2 Å².